The Hall–Kier alpha value is -4.61. The first-order valence-corrected chi connectivity index (χ1v) is 18.6. The van der Waals surface area contributed by atoms with Crippen LogP contribution >= 0.6 is 0 Å². The van der Waals surface area contributed by atoms with Crippen LogP contribution in [0.3, 0.4) is 0 Å². The molecule has 2 fully saturated rings. The fourth-order valence-corrected chi connectivity index (χ4v) is 7.45. The number of ether oxygens (including phenoxy) is 1. The Labute approximate surface area is 299 Å². The molecule has 268 valence electrons. The summed E-state index contributed by atoms with van der Waals surface area (Å²) < 4.78 is 22.4. The number of nitrogens with zero attached hydrogens (tertiary/aromatic N) is 4. The fourth-order valence-electron chi connectivity index (χ4n) is 7.45. The van der Waals surface area contributed by atoms with Crippen molar-refractivity contribution in [3.05, 3.63) is 95.2 Å². The first kappa shape index (κ1) is 34.8. The van der Waals surface area contributed by atoms with Gasteiger partial charge < -0.3 is 25.6 Å². The van der Waals surface area contributed by atoms with Crippen LogP contribution in [0, 0.1) is 5.82 Å². The van der Waals surface area contributed by atoms with E-state index in [4.69, 9.17) is 4.74 Å². The molecule has 4 aromatic rings. The van der Waals surface area contributed by atoms with Crippen LogP contribution in [-0.2, 0) is 19.4 Å². The third-order valence-corrected chi connectivity index (χ3v) is 10.3. The number of fused-ring (bicyclic) bond motifs is 1. The summed E-state index contributed by atoms with van der Waals surface area (Å²) in [7, 11) is 0. The maximum atomic E-state index is 14.4. The smallest absolute Gasteiger partial charge is 0.272 e. The number of hydrogen-bond donors (Lipinski definition) is 3. The summed E-state index contributed by atoms with van der Waals surface area (Å²) >= 11 is 0. The van der Waals surface area contributed by atoms with Crippen molar-refractivity contribution >= 4 is 11.8 Å². The second kappa shape index (κ2) is 16.6. The predicted molar refractivity (Wildman–Crippen MR) is 195 cm³/mol. The second-order valence-electron chi connectivity index (χ2n) is 14.1. The van der Waals surface area contributed by atoms with Crippen molar-refractivity contribution in [1.82, 2.24) is 35.6 Å². The average molecular weight is 694 g/mol. The van der Waals surface area contributed by atoms with Crippen molar-refractivity contribution in [3.63, 3.8) is 0 Å². The van der Waals surface area contributed by atoms with Crippen LogP contribution in [0.1, 0.15) is 83.5 Å². The summed E-state index contributed by atoms with van der Waals surface area (Å²) in [6.07, 6.45) is 10.4. The molecule has 2 aromatic heterocycles. The van der Waals surface area contributed by atoms with Crippen LogP contribution in [0.2, 0.25) is 0 Å². The van der Waals surface area contributed by atoms with E-state index in [1.165, 1.54) is 24.6 Å². The van der Waals surface area contributed by atoms with E-state index in [2.05, 4.69) is 55.2 Å². The molecule has 0 spiro atoms. The van der Waals surface area contributed by atoms with E-state index in [0.29, 0.717) is 24.3 Å². The Balaban J connectivity index is 0.919. The maximum absolute atomic E-state index is 14.4. The van der Waals surface area contributed by atoms with Gasteiger partial charge >= 0.3 is 0 Å². The largest absolute Gasteiger partial charge is 0.438 e. The molecule has 0 atom stereocenters. The third-order valence-electron chi connectivity index (χ3n) is 10.3. The Morgan fingerprint density at radius 1 is 0.863 bits per heavy atom. The van der Waals surface area contributed by atoms with Gasteiger partial charge in [-0.1, -0.05) is 36.4 Å². The third kappa shape index (κ3) is 9.20. The van der Waals surface area contributed by atoms with Gasteiger partial charge in [0.25, 0.3) is 11.8 Å². The van der Waals surface area contributed by atoms with Gasteiger partial charge in [0.1, 0.15) is 22.8 Å². The van der Waals surface area contributed by atoms with E-state index in [1.54, 1.807) is 6.07 Å². The highest BCUT2D eigenvalue weighted by molar-refractivity contribution is 5.96. The van der Waals surface area contributed by atoms with E-state index in [9.17, 15) is 14.0 Å². The molecule has 10 nitrogen and oxygen atoms in total. The molecule has 1 saturated heterocycles. The Morgan fingerprint density at radius 2 is 1.67 bits per heavy atom. The molecule has 4 heterocycles. The van der Waals surface area contributed by atoms with Crippen LogP contribution in [0.25, 0.3) is 11.1 Å². The molecule has 3 aliphatic rings. The topological polar surface area (TPSA) is 113 Å². The van der Waals surface area contributed by atoms with Crippen molar-refractivity contribution < 1.29 is 18.7 Å². The molecular formula is C40H48FN7O3. The first-order chi connectivity index (χ1) is 25.0. The lowest BCUT2D eigenvalue weighted by Crippen LogP contribution is -2.44. The monoisotopic (exact) mass is 693 g/mol. The molecule has 1 saturated carbocycles. The van der Waals surface area contributed by atoms with Gasteiger partial charge in [0, 0.05) is 37.4 Å². The van der Waals surface area contributed by atoms with E-state index >= 15 is 0 Å². The quantitative estimate of drug-likeness (QED) is 0.179. The highest BCUT2D eigenvalue weighted by atomic mass is 19.1. The lowest BCUT2D eigenvalue weighted by Gasteiger charge is -2.29. The zero-order valence-corrected chi connectivity index (χ0v) is 29.2. The summed E-state index contributed by atoms with van der Waals surface area (Å²) in [6.45, 7) is 6.46. The van der Waals surface area contributed by atoms with Crippen molar-refractivity contribution in [2.24, 2.45) is 0 Å². The SMILES string of the molecule is O=C(NC1CCC(NC(=O)c2cc(F)cnc2Oc2cccc(-c3ccc(CCCN4CCCNCC4)cc3)c2)CC1)c1cc2n(n1)CCCC2. The number of pyridine rings is 1. The lowest BCUT2D eigenvalue weighted by molar-refractivity contribution is 0.0887. The van der Waals surface area contributed by atoms with Gasteiger partial charge in [-0.3, -0.25) is 14.3 Å². The lowest BCUT2D eigenvalue weighted by atomic mass is 9.91. The van der Waals surface area contributed by atoms with Gasteiger partial charge in [-0.25, -0.2) is 9.37 Å². The van der Waals surface area contributed by atoms with E-state index < -0.39 is 11.7 Å². The van der Waals surface area contributed by atoms with Gasteiger partial charge in [-0.05, 0) is 125 Å². The van der Waals surface area contributed by atoms with E-state index in [-0.39, 0.29) is 29.4 Å². The standard InChI is InChI=1S/C40H48FN7O3/c41-31-25-36(38(49)44-32-14-16-33(17-15-32)45-39(50)37-26-34-8-1-2-22-48(34)46-37)40(43-27-31)51-35-9-3-7-30(24-35)29-12-10-28(11-13-29)6-4-20-47-21-5-18-42-19-23-47/h3,7,9-13,24-27,32-33,42H,1-2,4-6,8,14-23H2,(H,44,49)(H,45,50). The van der Waals surface area contributed by atoms with Crippen LogP contribution in [0.5, 0.6) is 11.6 Å². The number of amides is 2. The molecule has 1 aliphatic carbocycles. The number of aromatic nitrogens is 3. The molecule has 11 heteroatoms. The van der Waals surface area contributed by atoms with Crippen LogP contribution in [0.4, 0.5) is 4.39 Å². The van der Waals surface area contributed by atoms with Crippen LogP contribution in [0.15, 0.2) is 66.9 Å². The van der Waals surface area contributed by atoms with Crippen molar-refractivity contribution in [2.45, 2.75) is 82.8 Å². The van der Waals surface area contributed by atoms with Crippen molar-refractivity contribution in [3.8, 4) is 22.8 Å². The number of aryl methyl sites for hydroxylation is 3. The van der Waals surface area contributed by atoms with Crippen molar-refractivity contribution in [1.29, 1.82) is 0 Å². The summed E-state index contributed by atoms with van der Waals surface area (Å²) in [5, 5.41) is 14.1. The summed E-state index contributed by atoms with van der Waals surface area (Å²) in [5.74, 6) is -0.647. The maximum Gasteiger partial charge on any atom is 0.272 e. The second-order valence-corrected chi connectivity index (χ2v) is 14.1. The molecule has 7 rings (SSSR count). The Kier molecular flexibility index (Phi) is 11.3. The predicted octanol–water partition coefficient (Wildman–Crippen LogP) is 5.91. The summed E-state index contributed by atoms with van der Waals surface area (Å²) in [4.78, 5) is 33.0. The Bertz CT molecular complexity index is 1770. The van der Waals surface area contributed by atoms with Gasteiger partial charge in [-0.2, -0.15) is 5.10 Å². The minimum absolute atomic E-state index is 0.00893. The van der Waals surface area contributed by atoms with Crippen LogP contribution < -0.4 is 20.7 Å². The highest BCUT2D eigenvalue weighted by Crippen LogP contribution is 2.29. The fraction of sp³-hybridized carbons (Fsp3) is 0.450. The van der Waals surface area contributed by atoms with Crippen LogP contribution in [-0.4, -0.2) is 76.3 Å². The molecule has 0 radical (unpaired) electrons. The van der Waals surface area contributed by atoms with E-state index in [1.807, 2.05) is 28.9 Å². The number of rotatable bonds is 11. The zero-order valence-electron chi connectivity index (χ0n) is 29.2. The van der Waals surface area contributed by atoms with E-state index in [0.717, 1.165) is 101 Å². The molecule has 2 aromatic carbocycles. The number of halogens is 1. The minimum Gasteiger partial charge on any atom is -0.438 e. The molecular weight excluding hydrogens is 645 g/mol. The number of carbonyl (C=O) groups is 2. The summed E-state index contributed by atoms with van der Waals surface area (Å²) in [5.41, 5.74) is 4.98. The average Bonchev–Trinajstić information content (AvgIpc) is 3.43. The normalized spacial score (nSPS) is 19.5. The molecule has 0 bridgehead atoms. The molecule has 2 amide bonds. The van der Waals surface area contributed by atoms with Crippen molar-refractivity contribution in [2.75, 3.05) is 32.7 Å². The first-order valence-electron chi connectivity index (χ1n) is 18.6. The van der Waals surface area contributed by atoms with Gasteiger partial charge in [0.05, 0.1) is 6.20 Å². The molecule has 2 aliphatic heterocycles. The molecule has 51 heavy (non-hydrogen) atoms. The number of carbonyl (C=O) groups excluding carboxylic acids is 2. The number of benzene rings is 2. The minimum atomic E-state index is -0.614. The van der Waals surface area contributed by atoms with Gasteiger partial charge in [-0.15, -0.1) is 0 Å². The number of hydrogen-bond acceptors (Lipinski definition) is 7. The summed E-state index contributed by atoms with van der Waals surface area (Å²) in [6, 6.07) is 19.2. The zero-order chi connectivity index (χ0) is 35.0. The highest BCUT2D eigenvalue weighted by Gasteiger charge is 2.27. The van der Waals surface area contributed by atoms with Gasteiger partial charge in [0.2, 0.25) is 5.88 Å². The molecule has 3 N–H and O–H groups in total. The van der Waals surface area contributed by atoms with Gasteiger partial charge in [0.15, 0.2) is 0 Å². The Morgan fingerprint density at radius 3 is 2.47 bits per heavy atom. The number of nitrogens with one attached hydrogen (secondary N) is 3. The molecule has 0 unspecified atom stereocenters.